The standard InChI is InChI=1S/C14H21N3O4S/c18-22(19,12-3-4-12)17-7-5-11(6-8-17)20-9-13-15-14(16-21-13)10-1-2-10/h10-12H,1-9H2. The Morgan fingerprint density at radius 2 is 1.86 bits per heavy atom. The summed E-state index contributed by atoms with van der Waals surface area (Å²) in [4.78, 5) is 4.33. The summed E-state index contributed by atoms with van der Waals surface area (Å²) in [7, 11) is -3.04. The van der Waals surface area contributed by atoms with Crippen LogP contribution in [0.25, 0.3) is 0 Å². The average molecular weight is 327 g/mol. The fourth-order valence-corrected chi connectivity index (χ4v) is 4.73. The molecule has 1 aromatic rings. The summed E-state index contributed by atoms with van der Waals surface area (Å²) in [6.45, 7) is 1.43. The summed E-state index contributed by atoms with van der Waals surface area (Å²) in [5, 5.41) is 3.84. The number of sulfonamides is 1. The van der Waals surface area contributed by atoms with Crippen LogP contribution in [0.3, 0.4) is 0 Å². The number of rotatable bonds is 6. The zero-order valence-corrected chi connectivity index (χ0v) is 13.3. The molecule has 0 atom stereocenters. The van der Waals surface area contributed by atoms with Crippen LogP contribution in [0.15, 0.2) is 4.52 Å². The van der Waals surface area contributed by atoms with Gasteiger partial charge in [0, 0.05) is 19.0 Å². The first-order valence-electron chi connectivity index (χ1n) is 8.06. The molecule has 122 valence electrons. The van der Waals surface area contributed by atoms with E-state index in [4.69, 9.17) is 9.26 Å². The van der Waals surface area contributed by atoms with E-state index in [1.165, 1.54) is 0 Å². The van der Waals surface area contributed by atoms with Gasteiger partial charge in [0.1, 0.15) is 6.61 Å². The third-order valence-electron chi connectivity index (χ3n) is 4.58. The summed E-state index contributed by atoms with van der Waals surface area (Å²) in [5.74, 6) is 1.80. The number of piperidine rings is 1. The molecule has 0 aromatic carbocycles. The molecule has 8 heteroatoms. The fraction of sp³-hybridized carbons (Fsp3) is 0.857. The van der Waals surface area contributed by atoms with Gasteiger partial charge in [0.2, 0.25) is 10.0 Å². The number of hydrogen-bond donors (Lipinski definition) is 0. The van der Waals surface area contributed by atoms with Gasteiger partial charge in [0.25, 0.3) is 5.89 Å². The lowest BCUT2D eigenvalue weighted by molar-refractivity contribution is -0.00121. The molecule has 1 saturated heterocycles. The minimum Gasteiger partial charge on any atom is -0.368 e. The van der Waals surface area contributed by atoms with E-state index in [0.717, 1.165) is 44.3 Å². The minimum atomic E-state index is -3.04. The monoisotopic (exact) mass is 327 g/mol. The maximum absolute atomic E-state index is 12.2. The van der Waals surface area contributed by atoms with E-state index in [0.29, 0.717) is 31.5 Å². The predicted molar refractivity (Wildman–Crippen MR) is 77.6 cm³/mol. The van der Waals surface area contributed by atoms with Gasteiger partial charge >= 0.3 is 0 Å². The number of hydrogen-bond acceptors (Lipinski definition) is 6. The van der Waals surface area contributed by atoms with Crippen LogP contribution in [-0.2, 0) is 21.4 Å². The molecule has 0 bridgehead atoms. The SMILES string of the molecule is O=S(=O)(C1CC1)N1CCC(OCc2nc(C3CC3)no2)CC1. The van der Waals surface area contributed by atoms with Crippen molar-refractivity contribution >= 4 is 10.0 Å². The Hall–Kier alpha value is -0.990. The smallest absolute Gasteiger partial charge is 0.252 e. The molecule has 0 amide bonds. The molecule has 1 aliphatic heterocycles. The van der Waals surface area contributed by atoms with Gasteiger partial charge in [-0.1, -0.05) is 5.16 Å². The van der Waals surface area contributed by atoms with Gasteiger partial charge < -0.3 is 9.26 Å². The van der Waals surface area contributed by atoms with Gasteiger partial charge in [-0.05, 0) is 38.5 Å². The lowest BCUT2D eigenvalue weighted by Crippen LogP contribution is -2.42. The molecule has 0 radical (unpaired) electrons. The van der Waals surface area contributed by atoms with Crippen molar-refractivity contribution in [1.29, 1.82) is 0 Å². The average Bonchev–Trinajstić information content (AvgIpc) is 3.43. The maximum atomic E-state index is 12.2. The third-order valence-corrected chi connectivity index (χ3v) is 6.97. The van der Waals surface area contributed by atoms with Crippen LogP contribution >= 0.6 is 0 Å². The van der Waals surface area contributed by atoms with E-state index in [9.17, 15) is 8.42 Å². The molecular formula is C14H21N3O4S. The van der Waals surface area contributed by atoms with E-state index < -0.39 is 10.0 Å². The quantitative estimate of drug-likeness (QED) is 0.785. The van der Waals surface area contributed by atoms with Gasteiger partial charge in [-0.3, -0.25) is 0 Å². The number of ether oxygens (including phenoxy) is 1. The maximum Gasteiger partial charge on any atom is 0.252 e. The Balaban J connectivity index is 1.25. The van der Waals surface area contributed by atoms with Gasteiger partial charge in [-0.15, -0.1) is 0 Å². The highest BCUT2D eigenvalue weighted by molar-refractivity contribution is 7.90. The van der Waals surface area contributed by atoms with Crippen molar-refractivity contribution in [3.63, 3.8) is 0 Å². The van der Waals surface area contributed by atoms with Crippen molar-refractivity contribution in [3.05, 3.63) is 11.7 Å². The summed E-state index contributed by atoms with van der Waals surface area (Å²) >= 11 is 0. The van der Waals surface area contributed by atoms with E-state index in [1.807, 2.05) is 0 Å². The van der Waals surface area contributed by atoms with Crippen molar-refractivity contribution in [2.75, 3.05) is 13.1 Å². The molecule has 4 rings (SSSR count). The highest BCUT2D eigenvalue weighted by Gasteiger charge is 2.41. The third kappa shape index (κ3) is 3.04. The molecule has 2 heterocycles. The predicted octanol–water partition coefficient (Wildman–Crippen LogP) is 1.42. The van der Waals surface area contributed by atoms with Crippen molar-refractivity contribution in [1.82, 2.24) is 14.4 Å². The van der Waals surface area contributed by atoms with E-state index in [2.05, 4.69) is 10.1 Å². The van der Waals surface area contributed by atoms with Crippen LogP contribution in [0.5, 0.6) is 0 Å². The minimum absolute atomic E-state index is 0.0712. The Kier molecular flexibility index (Phi) is 3.70. The van der Waals surface area contributed by atoms with Crippen LogP contribution in [-0.4, -0.2) is 47.3 Å². The molecule has 2 saturated carbocycles. The van der Waals surface area contributed by atoms with E-state index in [-0.39, 0.29) is 11.4 Å². The van der Waals surface area contributed by atoms with Gasteiger partial charge in [0.15, 0.2) is 5.82 Å². The Labute approximate surface area is 130 Å². The molecule has 0 N–H and O–H groups in total. The summed E-state index contributed by atoms with van der Waals surface area (Å²) < 4.78 is 36.9. The zero-order valence-electron chi connectivity index (χ0n) is 12.5. The Morgan fingerprint density at radius 3 is 2.50 bits per heavy atom. The molecule has 3 fully saturated rings. The molecule has 1 aromatic heterocycles. The highest BCUT2D eigenvalue weighted by atomic mass is 32.2. The number of nitrogens with zero attached hydrogens (tertiary/aromatic N) is 3. The summed E-state index contributed by atoms with van der Waals surface area (Å²) in [6, 6.07) is 0. The van der Waals surface area contributed by atoms with Crippen molar-refractivity contribution < 1.29 is 17.7 Å². The van der Waals surface area contributed by atoms with Gasteiger partial charge in [0.05, 0.1) is 11.4 Å². The first kappa shape index (κ1) is 14.6. The lowest BCUT2D eigenvalue weighted by Gasteiger charge is -2.30. The van der Waals surface area contributed by atoms with Gasteiger partial charge in [-0.25, -0.2) is 12.7 Å². The van der Waals surface area contributed by atoms with Gasteiger partial charge in [-0.2, -0.15) is 4.98 Å². The molecule has 3 aliphatic rings. The molecule has 7 nitrogen and oxygen atoms in total. The summed E-state index contributed by atoms with van der Waals surface area (Å²) in [6.07, 6.45) is 5.47. The topological polar surface area (TPSA) is 85.5 Å². The van der Waals surface area contributed by atoms with Crippen LogP contribution in [0.2, 0.25) is 0 Å². The first-order valence-corrected chi connectivity index (χ1v) is 9.56. The van der Waals surface area contributed by atoms with E-state index >= 15 is 0 Å². The molecule has 2 aliphatic carbocycles. The lowest BCUT2D eigenvalue weighted by atomic mass is 10.1. The van der Waals surface area contributed by atoms with Crippen molar-refractivity contribution in [2.24, 2.45) is 0 Å². The highest BCUT2D eigenvalue weighted by Crippen LogP contribution is 2.38. The second-order valence-electron chi connectivity index (χ2n) is 6.47. The molecule has 22 heavy (non-hydrogen) atoms. The van der Waals surface area contributed by atoms with Crippen LogP contribution in [0, 0.1) is 0 Å². The second kappa shape index (κ2) is 5.58. The Morgan fingerprint density at radius 1 is 1.14 bits per heavy atom. The van der Waals surface area contributed by atoms with Crippen molar-refractivity contribution in [3.8, 4) is 0 Å². The fourth-order valence-electron chi connectivity index (χ4n) is 2.85. The first-order chi connectivity index (χ1) is 10.6. The van der Waals surface area contributed by atoms with Crippen molar-refractivity contribution in [2.45, 2.75) is 62.4 Å². The normalized spacial score (nSPS) is 24.7. The van der Waals surface area contributed by atoms with E-state index in [1.54, 1.807) is 4.31 Å². The largest absolute Gasteiger partial charge is 0.368 e. The van der Waals surface area contributed by atoms with Crippen LogP contribution < -0.4 is 0 Å². The molecule has 0 unspecified atom stereocenters. The Bertz CT molecular complexity index is 628. The zero-order chi connectivity index (χ0) is 15.2. The number of aromatic nitrogens is 2. The molecule has 0 spiro atoms. The summed E-state index contributed by atoms with van der Waals surface area (Å²) in [5.41, 5.74) is 0. The van der Waals surface area contributed by atoms with Crippen LogP contribution in [0.4, 0.5) is 0 Å². The second-order valence-corrected chi connectivity index (χ2v) is 8.69. The molecular weight excluding hydrogens is 306 g/mol. The van der Waals surface area contributed by atoms with Crippen LogP contribution in [0.1, 0.15) is 56.2 Å².